The van der Waals surface area contributed by atoms with E-state index in [-0.39, 0.29) is 12.1 Å². The van der Waals surface area contributed by atoms with E-state index < -0.39 is 0 Å². The van der Waals surface area contributed by atoms with Crippen LogP contribution in [0.4, 0.5) is 10.6 Å². The number of aryl methyl sites for hydroxylation is 1. The van der Waals surface area contributed by atoms with Crippen LogP contribution in [0.2, 0.25) is 5.02 Å². The van der Waals surface area contributed by atoms with E-state index in [1.807, 2.05) is 44.2 Å². The van der Waals surface area contributed by atoms with Crippen LogP contribution in [0.1, 0.15) is 24.2 Å². The van der Waals surface area contributed by atoms with Gasteiger partial charge in [0.1, 0.15) is 5.82 Å². The van der Waals surface area contributed by atoms with Gasteiger partial charge in [-0.2, -0.15) is 5.10 Å². The second-order valence-corrected chi connectivity index (χ2v) is 7.09. The minimum Gasteiger partial charge on any atom is -0.331 e. The predicted molar refractivity (Wildman–Crippen MR) is 113 cm³/mol. The number of amides is 2. The molecule has 8 heteroatoms. The van der Waals surface area contributed by atoms with Crippen molar-refractivity contribution in [1.82, 2.24) is 25.1 Å². The standard InChI is InChI=1S/C21H19ClN6O/c1-13-9-16(7-8-23-13)28-19-12-24-20(10-15(19)11-25-28)27-21(29)26-14(2)17-5-3-4-6-18(17)22/h3-12,14H,1-2H3,(H2,24,26,27,29)/t14-/m1/s1. The normalized spacial score (nSPS) is 12.0. The highest BCUT2D eigenvalue weighted by molar-refractivity contribution is 6.31. The lowest BCUT2D eigenvalue weighted by Gasteiger charge is -2.16. The summed E-state index contributed by atoms with van der Waals surface area (Å²) < 4.78 is 1.79. The Hall–Kier alpha value is -3.45. The summed E-state index contributed by atoms with van der Waals surface area (Å²) in [4.78, 5) is 20.9. The maximum absolute atomic E-state index is 12.4. The number of hydrogen-bond acceptors (Lipinski definition) is 4. The number of nitrogens with one attached hydrogen (secondary N) is 2. The summed E-state index contributed by atoms with van der Waals surface area (Å²) in [6.07, 6.45) is 5.17. The lowest BCUT2D eigenvalue weighted by atomic mass is 10.1. The summed E-state index contributed by atoms with van der Waals surface area (Å²) in [5.41, 5.74) is 3.50. The molecule has 7 nitrogen and oxygen atoms in total. The summed E-state index contributed by atoms with van der Waals surface area (Å²) in [5.74, 6) is 0.437. The van der Waals surface area contributed by atoms with Gasteiger partial charge in [-0.15, -0.1) is 0 Å². The van der Waals surface area contributed by atoms with E-state index in [1.165, 1.54) is 0 Å². The fourth-order valence-corrected chi connectivity index (χ4v) is 3.42. The molecule has 0 aliphatic heterocycles. The van der Waals surface area contributed by atoms with E-state index in [0.717, 1.165) is 27.8 Å². The quantitative estimate of drug-likeness (QED) is 0.516. The molecule has 1 aromatic carbocycles. The first kappa shape index (κ1) is 18.9. The molecule has 3 heterocycles. The SMILES string of the molecule is Cc1cc(-n2ncc3cc(NC(=O)N[C@H](C)c4ccccc4Cl)ncc32)ccn1. The fourth-order valence-electron chi connectivity index (χ4n) is 3.12. The van der Waals surface area contributed by atoms with Crippen molar-refractivity contribution in [3.63, 3.8) is 0 Å². The lowest BCUT2D eigenvalue weighted by Crippen LogP contribution is -2.31. The first-order valence-corrected chi connectivity index (χ1v) is 9.48. The molecule has 4 rings (SSSR count). The fraction of sp³-hybridized carbons (Fsp3) is 0.143. The number of urea groups is 1. The summed E-state index contributed by atoms with van der Waals surface area (Å²) in [6, 6.07) is 12.4. The van der Waals surface area contributed by atoms with Gasteiger partial charge in [0.05, 0.1) is 29.6 Å². The zero-order valence-electron chi connectivity index (χ0n) is 15.9. The summed E-state index contributed by atoms with van der Waals surface area (Å²) in [7, 11) is 0. The van der Waals surface area contributed by atoms with Crippen LogP contribution in [-0.2, 0) is 0 Å². The van der Waals surface area contributed by atoms with E-state index in [1.54, 1.807) is 35.4 Å². The van der Waals surface area contributed by atoms with Gasteiger partial charge in [-0.05, 0) is 43.7 Å². The highest BCUT2D eigenvalue weighted by Gasteiger charge is 2.13. The van der Waals surface area contributed by atoms with Crippen LogP contribution in [0, 0.1) is 6.92 Å². The van der Waals surface area contributed by atoms with Crippen molar-refractivity contribution in [2.24, 2.45) is 0 Å². The Morgan fingerprint density at radius 3 is 2.76 bits per heavy atom. The highest BCUT2D eigenvalue weighted by Crippen LogP contribution is 2.23. The Kier molecular flexibility index (Phi) is 5.14. The van der Waals surface area contributed by atoms with Crippen molar-refractivity contribution in [2.75, 3.05) is 5.32 Å². The van der Waals surface area contributed by atoms with Gasteiger partial charge in [-0.1, -0.05) is 29.8 Å². The molecular weight excluding hydrogens is 388 g/mol. The molecule has 29 heavy (non-hydrogen) atoms. The minimum atomic E-state index is -0.360. The van der Waals surface area contributed by atoms with Crippen molar-refractivity contribution in [2.45, 2.75) is 19.9 Å². The summed E-state index contributed by atoms with van der Waals surface area (Å²) >= 11 is 6.19. The van der Waals surface area contributed by atoms with E-state index in [2.05, 4.69) is 25.7 Å². The summed E-state index contributed by atoms with van der Waals surface area (Å²) in [5, 5.41) is 11.5. The second kappa shape index (κ2) is 7.89. The molecule has 146 valence electrons. The van der Waals surface area contributed by atoms with Crippen molar-refractivity contribution in [1.29, 1.82) is 0 Å². The summed E-state index contributed by atoms with van der Waals surface area (Å²) in [6.45, 7) is 3.80. The molecule has 2 N–H and O–H groups in total. The Morgan fingerprint density at radius 1 is 1.14 bits per heavy atom. The molecule has 0 unspecified atom stereocenters. The third kappa shape index (κ3) is 4.05. The molecule has 4 aromatic rings. The van der Waals surface area contributed by atoms with Gasteiger partial charge in [0.15, 0.2) is 0 Å². The zero-order chi connectivity index (χ0) is 20.4. The number of carbonyl (C=O) groups excluding carboxylic acids is 1. The van der Waals surface area contributed by atoms with Gasteiger partial charge in [-0.25, -0.2) is 14.5 Å². The molecule has 0 bridgehead atoms. The van der Waals surface area contributed by atoms with Crippen LogP contribution < -0.4 is 10.6 Å². The molecular formula is C21H19ClN6O. The topological polar surface area (TPSA) is 84.7 Å². The molecule has 0 aliphatic rings. The minimum absolute atomic E-state index is 0.245. The highest BCUT2D eigenvalue weighted by atomic mass is 35.5. The van der Waals surface area contributed by atoms with Crippen LogP contribution >= 0.6 is 11.6 Å². The van der Waals surface area contributed by atoms with Crippen molar-refractivity contribution in [3.05, 3.63) is 77.3 Å². The van der Waals surface area contributed by atoms with Gasteiger partial charge < -0.3 is 5.32 Å². The van der Waals surface area contributed by atoms with Crippen LogP contribution in [0.15, 0.2) is 61.1 Å². The number of benzene rings is 1. The van der Waals surface area contributed by atoms with Gasteiger partial charge in [0.2, 0.25) is 0 Å². The van der Waals surface area contributed by atoms with Gasteiger partial charge in [0.25, 0.3) is 0 Å². The Morgan fingerprint density at radius 2 is 1.97 bits per heavy atom. The largest absolute Gasteiger partial charge is 0.331 e. The number of fused-ring (bicyclic) bond motifs is 1. The third-order valence-electron chi connectivity index (χ3n) is 4.54. The predicted octanol–water partition coefficient (Wildman–Crippen LogP) is 4.66. The van der Waals surface area contributed by atoms with Gasteiger partial charge in [0, 0.05) is 22.3 Å². The van der Waals surface area contributed by atoms with Crippen molar-refractivity contribution < 1.29 is 4.79 Å². The van der Waals surface area contributed by atoms with E-state index in [0.29, 0.717) is 10.8 Å². The first-order chi connectivity index (χ1) is 14.0. The number of halogens is 1. The number of anilines is 1. The Labute approximate surface area is 172 Å². The smallest absolute Gasteiger partial charge is 0.320 e. The molecule has 2 amide bonds. The van der Waals surface area contributed by atoms with Gasteiger partial charge >= 0.3 is 6.03 Å². The zero-order valence-corrected chi connectivity index (χ0v) is 16.7. The van der Waals surface area contributed by atoms with Crippen molar-refractivity contribution in [3.8, 4) is 5.69 Å². The molecule has 0 saturated carbocycles. The Balaban J connectivity index is 1.50. The number of carbonyl (C=O) groups is 1. The molecule has 0 spiro atoms. The van der Waals surface area contributed by atoms with Crippen LogP contribution in [0.3, 0.4) is 0 Å². The molecule has 0 radical (unpaired) electrons. The third-order valence-corrected chi connectivity index (χ3v) is 4.88. The average Bonchev–Trinajstić information content (AvgIpc) is 3.11. The molecule has 0 aliphatic carbocycles. The lowest BCUT2D eigenvalue weighted by molar-refractivity contribution is 0.249. The first-order valence-electron chi connectivity index (χ1n) is 9.10. The van der Waals surface area contributed by atoms with E-state index in [9.17, 15) is 4.79 Å². The van der Waals surface area contributed by atoms with Crippen LogP contribution in [-0.4, -0.2) is 25.8 Å². The number of pyridine rings is 2. The van der Waals surface area contributed by atoms with E-state index in [4.69, 9.17) is 11.6 Å². The Bertz CT molecular complexity index is 1190. The van der Waals surface area contributed by atoms with Crippen molar-refractivity contribution >= 4 is 34.4 Å². The number of aromatic nitrogens is 4. The number of hydrogen-bond donors (Lipinski definition) is 2. The molecule has 1 atom stereocenters. The molecule has 0 fully saturated rings. The van der Waals surface area contributed by atoms with Crippen LogP contribution in [0.5, 0.6) is 0 Å². The monoisotopic (exact) mass is 406 g/mol. The number of rotatable bonds is 4. The number of nitrogens with zero attached hydrogens (tertiary/aromatic N) is 4. The maximum Gasteiger partial charge on any atom is 0.320 e. The molecule has 0 saturated heterocycles. The average molecular weight is 407 g/mol. The van der Waals surface area contributed by atoms with Gasteiger partial charge in [-0.3, -0.25) is 10.3 Å². The van der Waals surface area contributed by atoms with E-state index >= 15 is 0 Å². The van der Waals surface area contributed by atoms with Crippen LogP contribution in [0.25, 0.3) is 16.6 Å². The maximum atomic E-state index is 12.4. The molecule has 3 aromatic heterocycles. The second-order valence-electron chi connectivity index (χ2n) is 6.68.